The molecule has 24 heavy (non-hydrogen) atoms. The molecule has 0 saturated heterocycles. The Bertz CT molecular complexity index is 440. The first-order chi connectivity index (χ1) is 10.9. The van der Waals surface area contributed by atoms with Gasteiger partial charge in [0.25, 0.3) is 0 Å². The third kappa shape index (κ3) is 10.2. The molecule has 0 aromatic rings. The van der Waals surface area contributed by atoms with Gasteiger partial charge < -0.3 is 4.74 Å². The fourth-order valence-corrected chi connectivity index (χ4v) is 1.96. The summed E-state index contributed by atoms with van der Waals surface area (Å²) >= 11 is 0. The Morgan fingerprint density at radius 2 is 1.58 bits per heavy atom. The standard InChI is InChI=1S/C17H30O7/c1-9-10-16(5,6)23-24-17(7,8)11-13(4)20-15(19)22-21-14(18)12(2)3/h13H,2,9-11H2,1,3-8H3. The van der Waals surface area contributed by atoms with Gasteiger partial charge in [-0.3, -0.25) is 0 Å². The maximum atomic E-state index is 11.4. The van der Waals surface area contributed by atoms with Crippen LogP contribution in [0.15, 0.2) is 12.2 Å². The van der Waals surface area contributed by atoms with E-state index in [2.05, 4.69) is 23.3 Å². The molecular formula is C17H30O7. The first-order valence-electron chi connectivity index (χ1n) is 8.00. The van der Waals surface area contributed by atoms with Crippen LogP contribution in [0, 0.1) is 0 Å². The lowest BCUT2D eigenvalue weighted by Gasteiger charge is -2.31. The number of hydrogen-bond donors (Lipinski definition) is 0. The van der Waals surface area contributed by atoms with Gasteiger partial charge in [-0.15, -0.1) is 0 Å². The highest BCUT2D eigenvalue weighted by Crippen LogP contribution is 2.24. The molecule has 7 heteroatoms. The molecule has 0 aromatic carbocycles. The van der Waals surface area contributed by atoms with Crippen molar-refractivity contribution in [2.24, 2.45) is 0 Å². The van der Waals surface area contributed by atoms with E-state index in [9.17, 15) is 9.59 Å². The summed E-state index contributed by atoms with van der Waals surface area (Å²) in [5, 5.41) is 0. The lowest BCUT2D eigenvalue weighted by atomic mass is 10.0. The number of hydrogen-bond acceptors (Lipinski definition) is 7. The van der Waals surface area contributed by atoms with Gasteiger partial charge >= 0.3 is 12.1 Å². The second kappa shape index (κ2) is 9.64. The van der Waals surface area contributed by atoms with E-state index in [-0.39, 0.29) is 5.57 Å². The Labute approximate surface area is 144 Å². The summed E-state index contributed by atoms with van der Waals surface area (Å²) in [6.45, 7) is 16.1. The van der Waals surface area contributed by atoms with E-state index >= 15 is 0 Å². The summed E-state index contributed by atoms with van der Waals surface area (Å²) < 4.78 is 4.99. The molecule has 0 radical (unpaired) electrons. The topological polar surface area (TPSA) is 80.3 Å². The zero-order valence-corrected chi connectivity index (χ0v) is 15.8. The molecule has 0 aromatic heterocycles. The highest BCUT2D eigenvalue weighted by Gasteiger charge is 2.29. The predicted octanol–water partition coefficient (Wildman–Crippen LogP) is 4.26. The van der Waals surface area contributed by atoms with Crippen molar-refractivity contribution >= 4 is 12.1 Å². The molecule has 1 atom stereocenters. The maximum Gasteiger partial charge on any atom is 0.550 e. The smallest absolute Gasteiger partial charge is 0.429 e. The third-order valence-corrected chi connectivity index (χ3v) is 2.96. The van der Waals surface area contributed by atoms with E-state index in [1.54, 1.807) is 6.92 Å². The van der Waals surface area contributed by atoms with Crippen molar-refractivity contribution in [2.45, 2.75) is 85.0 Å². The average Bonchev–Trinajstić information content (AvgIpc) is 2.42. The Balaban J connectivity index is 4.28. The van der Waals surface area contributed by atoms with E-state index in [1.165, 1.54) is 6.92 Å². The van der Waals surface area contributed by atoms with Crippen molar-refractivity contribution in [3.63, 3.8) is 0 Å². The van der Waals surface area contributed by atoms with E-state index < -0.39 is 29.4 Å². The second-order valence-corrected chi connectivity index (χ2v) is 7.05. The largest absolute Gasteiger partial charge is 0.550 e. The number of rotatable bonds is 9. The SMILES string of the molecule is C=C(C)C(=O)OOC(=O)OC(C)CC(C)(C)OOC(C)(C)CCC. The molecule has 0 aliphatic heterocycles. The van der Waals surface area contributed by atoms with Crippen LogP contribution in [0.25, 0.3) is 0 Å². The monoisotopic (exact) mass is 346 g/mol. The van der Waals surface area contributed by atoms with Crippen molar-refractivity contribution in [3.05, 3.63) is 12.2 Å². The summed E-state index contributed by atoms with van der Waals surface area (Å²) in [7, 11) is 0. The van der Waals surface area contributed by atoms with E-state index in [0.29, 0.717) is 6.42 Å². The number of carbonyl (C=O) groups is 2. The first kappa shape index (κ1) is 22.4. The summed E-state index contributed by atoms with van der Waals surface area (Å²) in [6.07, 6.45) is 0.549. The summed E-state index contributed by atoms with van der Waals surface area (Å²) in [6, 6.07) is 0. The molecule has 7 nitrogen and oxygen atoms in total. The summed E-state index contributed by atoms with van der Waals surface area (Å²) in [4.78, 5) is 42.0. The lowest BCUT2D eigenvalue weighted by Crippen LogP contribution is -2.35. The van der Waals surface area contributed by atoms with Crippen LogP contribution in [-0.2, 0) is 29.1 Å². The first-order valence-corrected chi connectivity index (χ1v) is 8.00. The number of carbonyl (C=O) groups excluding carboxylic acids is 2. The van der Waals surface area contributed by atoms with Crippen LogP contribution >= 0.6 is 0 Å². The van der Waals surface area contributed by atoms with Crippen LogP contribution in [0.1, 0.15) is 67.7 Å². The van der Waals surface area contributed by atoms with E-state index in [1.807, 2.05) is 27.7 Å². The lowest BCUT2D eigenvalue weighted by molar-refractivity contribution is -0.404. The molecule has 0 heterocycles. The number of ether oxygens (including phenoxy) is 1. The van der Waals surface area contributed by atoms with Crippen molar-refractivity contribution in [1.82, 2.24) is 0 Å². The van der Waals surface area contributed by atoms with Gasteiger partial charge in [0.05, 0.1) is 5.60 Å². The molecule has 0 spiro atoms. The molecule has 0 N–H and O–H groups in total. The third-order valence-electron chi connectivity index (χ3n) is 2.96. The molecule has 0 rings (SSSR count). The normalized spacial score (nSPS) is 13.1. The highest BCUT2D eigenvalue weighted by atomic mass is 17.2. The Morgan fingerprint density at radius 1 is 1.04 bits per heavy atom. The van der Waals surface area contributed by atoms with Crippen LogP contribution in [0.3, 0.4) is 0 Å². The summed E-state index contributed by atoms with van der Waals surface area (Å²) in [5.74, 6) is -0.838. The Kier molecular flexibility index (Phi) is 8.99. The highest BCUT2D eigenvalue weighted by molar-refractivity contribution is 5.86. The zero-order valence-electron chi connectivity index (χ0n) is 15.8. The molecule has 0 fully saturated rings. The summed E-state index contributed by atoms with van der Waals surface area (Å²) in [5.41, 5.74) is -0.970. The van der Waals surface area contributed by atoms with E-state index in [4.69, 9.17) is 14.5 Å². The van der Waals surface area contributed by atoms with Crippen LogP contribution in [0.5, 0.6) is 0 Å². The fourth-order valence-electron chi connectivity index (χ4n) is 1.96. The maximum absolute atomic E-state index is 11.4. The van der Waals surface area contributed by atoms with Gasteiger partial charge in [0.1, 0.15) is 11.7 Å². The zero-order chi connectivity index (χ0) is 19.0. The predicted molar refractivity (Wildman–Crippen MR) is 87.8 cm³/mol. The van der Waals surface area contributed by atoms with Crippen molar-refractivity contribution in [2.75, 3.05) is 0 Å². The van der Waals surface area contributed by atoms with Crippen LogP contribution in [0.4, 0.5) is 4.79 Å². The molecule has 140 valence electrons. The fraction of sp³-hybridized carbons (Fsp3) is 0.765. The molecule has 0 saturated carbocycles. The molecule has 0 amide bonds. The quantitative estimate of drug-likeness (QED) is 0.267. The van der Waals surface area contributed by atoms with Crippen LogP contribution in [-0.4, -0.2) is 29.4 Å². The van der Waals surface area contributed by atoms with Crippen molar-refractivity contribution < 1.29 is 33.9 Å². The van der Waals surface area contributed by atoms with Gasteiger partial charge in [-0.25, -0.2) is 24.3 Å². The van der Waals surface area contributed by atoms with Gasteiger partial charge in [0, 0.05) is 12.0 Å². The minimum atomic E-state index is -1.11. The Morgan fingerprint density at radius 3 is 2.08 bits per heavy atom. The van der Waals surface area contributed by atoms with Gasteiger partial charge in [-0.05, 0) is 48.0 Å². The van der Waals surface area contributed by atoms with Gasteiger partial charge in [-0.1, -0.05) is 19.9 Å². The van der Waals surface area contributed by atoms with Gasteiger partial charge in [0.2, 0.25) is 0 Å². The van der Waals surface area contributed by atoms with E-state index in [0.717, 1.165) is 12.8 Å². The molecule has 0 aliphatic rings. The Hall–Kier alpha value is -1.60. The van der Waals surface area contributed by atoms with Gasteiger partial charge in [0.15, 0.2) is 0 Å². The van der Waals surface area contributed by atoms with Gasteiger partial charge in [-0.2, -0.15) is 4.79 Å². The average molecular weight is 346 g/mol. The minimum absolute atomic E-state index is 0.109. The molecule has 0 bridgehead atoms. The van der Waals surface area contributed by atoms with Crippen LogP contribution in [0.2, 0.25) is 0 Å². The second-order valence-electron chi connectivity index (χ2n) is 7.05. The van der Waals surface area contributed by atoms with Crippen molar-refractivity contribution in [3.8, 4) is 0 Å². The molecule has 1 unspecified atom stereocenters. The van der Waals surface area contributed by atoms with Crippen molar-refractivity contribution in [1.29, 1.82) is 0 Å². The van der Waals surface area contributed by atoms with Crippen LogP contribution < -0.4 is 0 Å². The molecular weight excluding hydrogens is 316 g/mol. The molecule has 0 aliphatic carbocycles. The minimum Gasteiger partial charge on any atom is -0.429 e.